The van der Waals surface area contributed by atoms with Crippen LogP contribution >= 0.6 is 0 Å². The lowest BCUT2D eigenvalue weighted by Gasteiger charge is -2.24. The van der Waals surface area contributed by atoms with Gasteiger partial charge in [0.2, 0.25) is 0 Å². The third-order valence-electron chi connectivity index (χ3n) is 3.68. The number of carbonyl (C=O) groups excluding carboxylic acids is 1. The first-order valence-corrected chi connectivity index (χ1v) is 7.14. The van der Waals surface area contributed by atoms with E-state index < -0.39 is 0 Å². The van der Waals surface area contributed by atoms with Crippen LogP contribution in [0.15, 0.2) is 18.2 Å². The molecule has 3 nitrogen and oxygen atoms in total. The molecule has 0 unspecified atom stereocenters. The molecule has 0 saturated carbocycles. The molecule has 1 heterocycles. The highest BCUT2D eigenvalue weighted by Crippen LogP contribution is 2.22. The Kier molecular flexibility index (Phi) is 4.46. The molecule has 1 aromatic carbocycles. The molecule has 19 heavy (non-hydrogen) atoms. The molecule has 0 spiro atoms. The maximum Gasteiger partial charge on any atom is 0.263 e. The van der Waals surface area contributed by atoms with Gasteiger partial charge in [-0.2, -0.15) is 0 Å². The van der Waals surface area contributed by atoms with Crippen LogP contribution in [0.1, 0.15) is 37.3 Å². The first-order valence-electron chi connectivity index (χ1n) is 7.14. The van der Waals surface area contributed by atoms with E-state index in [1.807, 2.05) is 37.8 Å². The van der Waals surface area contributed by atoms with E-state index >= 15 is 0 Å². The van der Waals surface area contributed by atoms with E-state index in [2.05, 4.69) is 6.07 Å². The van der Waals surface area contributed by atoms with Crippen LogP contribution in [0.2, 0.25) is 0 Å². The molecule has 1 saturated heterocycles. The van der Waals surface area contributed by atoms with Crippen molar-refractivity contribution in [2.75, 3.05) is 13.1 Å². The van der Waals surface area contributed by atoms with Gasteiger partial charge in [-0.15, -0.1) is 0 Å². The van der Waals surface area contributed by atoms with E-state index in [9.17, 15) is 4.79 Å². The van der Waals surface area contributed by atoms with Gasteiger partial charge in [-0.25, -0.2) is 0 Å². The molecule has 0 N–H and O–H groups in total. The third kappa shape index (κ3) is 3.28. The highest BCUT2D eigenvalue weighted by atomic mass is 16.5. The maximum absolute atomic E-state index is 12.4. The summed E-state index contributed by atoms with van der Waals surface area (Å²) in [5.41, 5.74) is 2.24. The van der Waals surface area contributed by atoms with Gasteiger partial charge >= 0.3 is 0 Å². The summed E-state index contributed by atoms with van der Waals surface area (Å²) in [5, 5.41) is 0. The zero-order valence-electron chi connectivity index (χ0n) is 12.1. The quantitative estimate of drug-likeness (QED) is 0.833. The van der Waals surface area contributed by atoms with Crippen LogP contribution in [0, 0.1) is 13.8 Å². The van der Waals surface area contributed by atoms with Gasteiger partial charge in [0.15, 0.2) is 6.10 Å². The van der Waals surface area contributed by atoms with Crippen molar-refractivity contribution in [1.82, 2.24) is 4.90 Å². The Morgan fingerprint density at radius 1 is 1.32 bits per heavy atom. The van der Waals surface area contributed by atoms with Crippen molar-refractivity contribution in [3.05, 3.63) is 29.3 Å². The van der Waals surface area contributed by atoms with Gasteiger partial charge in [-0.3, -0.25) is 4.79 Å². The molecule has 104 valence electrons. The minimum Gasteiger partial charge on any atom is -0.480 e. The van der Waals surface area contributed by atoms with Crippen LogP contribution in [0.3, 0.4) is 0 Å². The Morgan fingerprint density at radius 3 is 2.63 bits per heavy atom. The van der Waals surface area contributed by atoms with Gasteiger partial charge in [0, 0.05) is 13.1 Å². The number of benzene rings is 1. The first-order chi connectivity index (χ1) is 9.11. The molecule has 1 atom stereocenters. The molecule has 0 aliphatic carbocycles. The highest BCUT2D eigenvalue weighted by molar-refractivity contribution is 5.81. The molecule has 1 amide bonds. The van der Waals surface area contributed by atoms with Crippen molar-refractivity contribution in [3.8, 4) is 5.75 Å². The van der Waals surface area contributed by atoms with E-state index in [1.165, 1.54) is 0 Å². The van der Waals surface area contributed by atoms with E-state index in [1.54, 1.807) is 0 Å². The number of likely N-dealkylation sites (tertiary alicyclic amines) is 1. The molecule has 1 aliphatic heterocycles. The Bertz CT molecular complexity index is 450. The predicted octanol–water partition coefficient (Wildman–Crippen LogP) is 3.08. The number of nitrogens with zero attached hydrogens (tertiary/aromatic N) is 1. The zero-order valence-corrected chi connectivity index (χ0v) is 12.1. The summed E-state index contributed by atoms with van der Waals surface area (Å²) >= 11 is 0. The summed E-state index contributed by atoms with van der Waals surface area (Å²) in [4.78, 5) is 14.3. The highest BCUT2D eigenvalue weighted by Gasteiger charge is 2.26. The number of aryl methyl sites for hydroxylation is 2. The Hall–Kier alpha value is -1.51. The molecular weight excluding hydrogens is 238 g/mol. The molecule has 2 rings (SSSR count). The number of rotatable bonds is 4. The van der Waals surface area contributed by atoms with E-state index in [4.69, 9.17) is 4.74 Å². The van der Waals surface area contributed by atoms with Gasteiger partial charge < -0.3 is 9.64 Å². The fraction of sp³-hybridized carbons (Fsp3) is 0.562. The monoisotopic (exact) mass is 261 g/mol. The van der Waals surface area contributed by atoms with Crippen molar-refractivity contribution >= 4 is 5.91 Å². The van der Waals surface area contributed by atoms with E-state index in [0.29, 0.717) is 6.42 Å². The number of ether oxygens (including phenoxy) is 1. The average molecular weight is 261 g/mol. The smallest absolute Gasteiger partial charge is 0.263 e. The zero-order chi connectivity index (χ0) is 13.8. The summed E-state index contributed by atoms with van der Waals surface area (Å²) in [6.07, 6.45) is 2.60. The van der Waals surface area contributed by atoms with Crippen LogP contribution < -0.4 is 4.74 Å². The minimum absolute atomic E-state index is 0.140. The van der Waals surface area contributed by atoms with Crippen molar-refractivity contribution in [2.24, 2.45) is 0 Å². The first kappa shape index (κ1) is 13.9. The number of hydrogen-bond acceptors (Lipinski definition) is 2. The van der Waals surface area contributed by atoms with Gasteiger partial charge in [0.1, 0.15) is 5.75 Å². The number of carbonyl (C=O) groups is 1. The van der Waals surface area contributed by atoms with Crippen LogP contribution in [-0.4, -0.2) is 30.0 Å². The SMILES string of the molecule is CC[C@H](Oc1cc(C)ccc1C)C(=O)N1CCCC1. The topological polar surface area (TPSA) is 29.5 Å². The van der Waals surface area contributed by atoms with Gasteiger partial charge in [0.05, 0.1) is 0 Å². The van der Waals surface area contributed by atoms with E-state index in [0.717, 1.165) is 42.8 Å². The van der Waals surface area contributed by atoms with Crippen LogP contribution in [-0.2, 0) is 4.79 Å². The van der Waals surface area contributed by atoms with Crippen LogP contribution in [0.25, 0.3) is 0 Å². The largest absolute Gasteiger partial charge is 0.480 e. The van der Waals surface area contributed by atoms with Gasteiger partial charge in [-0.1, -0.05) is 19.1 Å². The van der Waals surface area contributed by atoms with Crippen molar-refractivity contribution in [1.29, 1.82) is 0 Å². The second-order valence-electron chi connectivity index (χ2n) is 5.32. The number of hydrogen-bond donors (Lipinski definition) is 0. The molecule has 0 radical (unpaired) electrons. The maximum atomic E-state index is 12.4. The Morgan fingerprint density at radius 2 is 2.00 bits per heavy atom. The summed E-state index contributed by atoms with van der Waals surface area (Å²) < 4.78 is 5.96. The predicted molar refractivity (Wildman–Crippen MR) is 76.4 cm³/mol. The third-order valence-corrected chi connectivity index (χ3v) is 3.68. The molecule has 3 heteroatoms. The Balaban J connectivity index is 2.09. The molecular formula is C16H23NO2. The molecule has 1 aliphatic rings. The van der Waals surface area contributed by atoms with Crippen molar-refractivity contribution < 1.29 is 9.53 Å². The lowest BCUT2D eigenvalue weighted by atomic mass is 10.1. The summed E-state index contributed by atoms with van der Waals surface area (Å²) in [7, 11) is 0. The summed E-state index contributed by atoms with van der Waals surface area (Å²) in [6, 6.07) is 6.11. The van der Waals surface area contributed by atoms with Gasteiger partial charge in [0.25, 0.3) is 5.91 Å². The van der Waals surface area contributed by atoms with E-state index in [-0.39, 0.29) is 12.0 Å². The van der Waals surface area contributed by atoms with Gasteiger partial charge in [-0.05, 0) is 50.3 Å². The summed E-state index contributed by atoms with van der Waals surface area (Å²) in [6.45, 7) is 7.82. The normalized spacial score (nSPS) is 16.5. The average Bonchev–Trinajstić information content (AvgIpc) is 2.93. The summed E-state index contributed by atoms with van der Waals surface area (Å²) in [5.74, 6) is 0.973. The molecule has 1 fully saturated rings. The van der Waals surface area contributed by atoms with Crippen LogP contribution in [0.5, 0.6) is 5.75 Å². The molecule has 1 aromatic rings. The second-order valence-corrected chi connectivity index (χ2v) is 5.32. The molecule has 0 bridgehead atoms. The standard InChI is InChI=1S/C16H23NO2/c1-4-14(16(18)17-9-5-6-10-17)19-15-11-12(2)7-8-13(15)3/h7-8,11,14H,4-6,9-10H2,1-3H3/t14-/m0/s1. The fourth-order valence-corrected chi connectivity index (χ4v) is 2.44. The van der Waals surface area contributed by atoms with Crippen molar-refractivity contribution in [3.63, 3.8) is 0 Å². The Labute approximate surface area is 115 Å². The minimum atomic E-state index is -0.349. The van der Waals surface area contributed by atoms with Crippen molar-refractivity contribution in [2.45, 2.75) is 46.1 Å². The molecule has 0 aromatic heterocycles. The number of amides is 1. The lowest BCUT2D eigenvalue weighted by molar-refractivity contribution is -0.137. The van der Waals surface area contributed by atoms with Crippen LogP contribution in [0.4, 0.5) is 0 Å². The fourth-order valence-electron chi connectivity index (χ4n) is 2.44. The lowest BCUT2D eigenvalue weighted by Crippen LogP contribution is -2.40. The second kappa shape index (κ2) is 6.09.